The summed E-state index contributed by atoms with van der Waals surface area (Å²) in [5.41, 5.74) is 2.43. The van der Waals surface area contributed by atoms with E-state index in [4.69, 9.17) is 9.15 Å². The number of nitrogens with zero attached hydrogens (tertiary/aromatic N) is 2. The second-order valence-electron chi connectivity index (χ2n) is 8.37. The summed E-state index contributed by atoms with van der Waals surface area (Å²) in [6, 6.07) is 7.70. The lowest BCUT2D eigenvalue weighted by Crippen LogP contribution is -2.23. The van der Waals surface area contributed by atoms with E-state index < -0.39 is 0 Å². The van der Waals surface area contributed by atoms with E-state index in [0.29, 0.717) is 25.3 Å². The van der Waals surface area contributed by atoms with Gasteiger partial charge in [-0.15, -0.1) is 0 Å². The van der Waals surface area contributed by atoms with Crippen LogP contribution in [0.5, 0.6) is 5.88 Å². The average Bonchev–Trinajstić information content (AvgIpc) is 3.41. The van der Waals surface area contributed by atoms with Gasteiger partial charge in [-0.25, -0.2) is 4.98 Å². The minimum absolute atomic E-state index is 0.0168. The Morgan fingerprint density at radius 2 is 2.00 bits per heavy atom. The molecule has 3 heterocycles. The Balaban J connectivity index is 1.36. The molecule has 0 radical (unpaired) electrons. The minimum atomic E-state index is -0.281. The number of carbonyl (C=O) groups excluding carboxylic acids is 2. The zero-order valence-electron chi connectivity index (χ0n) is 17.1. The van der Waals surface area contributed by atoms with Gasteiger partial charge >= 0.3 is 0 Å². The molecule has 30 heavy (non-hydrogen) atoms. The van der Waals surface area contributed by atoms with Crippen LogP contribution in [0.1, 0.15) is 50.0 Å². The van der Waals surface area contributed by atoms with Gasteiger partial charge in [-0.3, -0.25) is 9.59 Å². The molecule has 6 heteroatoms. The maximum atomic E-state index is 12.5. The van der Waals surface area contributed by atoms with Crippen LogP contribution in [0.4, 0.5) is 0 Å². The fourth-order valence-corrected chi connectivity index (χ4v) is 4.76. The first-order valence-corrected chi connectivity index (χ1v) is 10.9. The monoisotopic (exact) mass is 406 g/mol. The number of carbonyl (C=O) groups is 2. The summed E-state index contributed by atoms with van der Waals surface area (Å²) in [7, 11) is 0. The molecule has 1 aliphatic carbocycles. The molecule has 0 N–H and O–H groups in total. The Morgan fingerprint density at radius 3 is 2.83 bits per heavy atom. The Morgan fingerprint density at radius 1 is 1.13 bits per heavy atom. The summed E-state index contributed by atoms with van der Waals surface area (Å²) in [6.45, 7) is 4.13. The van der Waals surface area contributed by atoms with Gasteiger partial charge in [0.2, 0.25) is 5.88 Å². The summed E-state index contributed by atoms with van der Waals surface area (Å²) in [5.74, 6) is 0.350. The summed E-state index contributed by atoms with van der Waals surface area (Å²) in [5, 5.41) is 1.87. The topological polar surface area (TPSA) is 72.6 Å². The molecule has 5 rings (SSSR count). The second-order valence-corrected chi connectivity index (χ2v) is 8.37. The molecule has 1 aromatic carbocycles. The first kappa shape index (κ1) is 19.2. The summed E-state index contributed by atoms with van der Waals surface area (Å²) < 4.78 is 11.6. The molecule has 3 aromatic rings. The lowest BCUT2D eigenvalue weighted by molar-refractivity contribution is -0.130. The molecule has 0 spiro atoms. The molecular weight excluding hydrogens is 380 g/mol. The number of hydrogen-bond acceptors (Lipinski definition) is 6. The molecule has 2 fully saturated rings. The van der Waals surface area contributed by atoms with Crippen LogP contribution in [0.15, 0.2) is 34.9 Å². The fraction of sp³-hybridized carbons (Fsp3) is 0.458. The van der Waals surface area contributed by atoms with Gasteiger partial charge in [-0.1, -0.05) is 0 Å². The van der Waals surface area contributed by atoms with Crippen molar-refractivity contribution in [2.75, 3.05) is 26.2 Å². The van der Waals surface area contributed by atoms with Crippen molar-refractivity contribution in [1.82, 2.24) is 9.88 Å². The molecule has 156 valence electrons. The van der Waals surface area contributed by atoms with Crippen molar-refractivity contribution in [2.24, 2.45) is 0 Å². The van der Waals surface area contributed by atoms with Gasteiger partial charge in [0.25, 0.3) is 0 Å². The highest BCUT2D eigenvalue weighted by atomic mass is 16.5. The Hall–Kier alpha value is -2.73. The lowest BCUT2D eigenvalue weighted by atomic mass is 9.82. The quantitative estimate of drug-likeness (QED) is 0.450. The van der Waals surface area contributed by atoms with Crippen molar-refractivity contribution >= 4 is 33.4 Å². The minimum Gasteiger partial charge on any atom is -0.478 e. The predicted molar refractivity (Wildman–Crippen MR) is 114 cm³/mol. The largest absolute Gasteiger partial charge is 0.478 e. The summed E-state index contributed by atoms with van der Waals surface area (Å²) >= 11 is 0. The van der Waals surface area contributed by atoms with Gasteiger partial charge in [0.1, 0.15) is 17.1 Å². The lowest BCUT2D eigenvalue weighted by Gasteiger charge is -2.19. The molecule has 1 saturated heterocycles. The number of aromatic nitrogens is 1. The van der Waals surface area contributed by atoms with E-state index >= 15 is 0 Å². The predicted octanol–water partition coefficient (Wildman–Crippen LogP) is 4.25. The third-order valence-corrected chi connectivity index (χ3v) is 6.32. The molecule has 6 nitrogen and oxygen atoms in total. The number of hydrogen-bond donors (Lipinski definition) is 0. The number of ether oxygens (including phenoxy) is 1. The number of ketones is 2. The smallest absolute Gasteiger partial charge is 0.213 e. The van der Waals surface area contributed by atoms with Crippen LogP contribution in [0.3, 0.4) is 0 Å². The number of likely N-dealkylation sites (tertiary alicyclic amines) is 1. The number of fused-ring (bicyclic) bond motifs is 3. The standard InChI is InChI=1S/C24H26N2O4/c27-16-4-5-17(21(28)14-16)19-15-30-22-8-7-20-18(24(19)22)6-9-23(25-20)29-13-3-12-26-10-1-2-11-26/h6-9,15,17H,1-5,10-14H2/t17-/m1/s1. The molecule has 0 amide bonds. The van der Waals surface area contributed by atoms with Crippen molar-refractivity contribution < 1.29 is 18.7 Å². The average molecular weight is 406 g/mol. The summed E-state index contributed by atoms with van der Waals surface area (Å²) in [6.07, 6.45) is 6.30. The number of pyridine rings is 1. The van der Waals surface area contributed by atoms with Gasteiger partial charge < -0.3 is 14.1 Å². The molecule has 1 atom stereocenters. The number of Topliss-reactive ketones (excluding diaryl/α,β-unsaturated/α-hetero) is 2. The van der Waals surface area contributed by atoms with Crippen molar-refractivity contribution in [1.29, 1.82) is 0 Å². The van der Waals surface area contributed by atoms with Crippen molar-refractivity contribution in [3.8, 4) is 5.88 Å². The fourth-order valence-electron chi connectivity index (χ4n) is 4.76. The highest BCUT2D eigenvalue weighted by molar-refractivity contribution is 6.10. The molecule has 0 bridgehead atoms. The number of furan rings is 1. The van der Waals surface area contributed by atoms with Gasteiger partial charge in [0, 0.05) is 41.3 Å². The number of benzene rings is 1. The Kier molecular flexibility index (Phi) is 5.25. The normalized spacial score (nSPS) is 20.5. The van der Waals surface area contributed by atoms with E-state index in [0.717, 1.165) is 40.4 Å². The van der Waals surface area contributed by atoms with E-state index in [9.17, 15) is 9.59 Å². The maximum Gasteiger partial charge on any atom is 0.213 e. The van der Waals surface area contributed by atoms with E-state index in [-0.39, 0.29) is 23.9 Å². The van der Waals surface area contributed by atoms with Gasteiger partial charge in [-0.2, -0.15) is 0 Å². The zero-order chi connectivity index (χ0) is 20.5. The van der Waals surface area contributed by atoms with Gasteiger partial charge in [-0.05, 0) is 57.0 Å². The van der Waals surface area contributed by atoms with Crippen LogP contribution in [-0.4, -0.2) is 47.7 Å². The van der Waals surface area contributed by atoms with Crippen LogP contribution in [-0.2, 0) is 9.59 Å². The molecule has 2 aromatic heterocycles. The van der Waals surface area contributed by atoms with Crippen LogP contribution < -0.4 is 4.74 Å². The van der Waals surface area contributed by atoms with Crippen LogP contribution in [0.2, 0.25) is 0 Å². The van der Waals surface area contributed by atoms with Crippen molar-refractivity contribution in [3.05, 3.63) is 36.1 Å². The molecule has 1 aliphatic heterocycles. The number of rotatable bonds is 6. The molecular formula is C24H26N2O4. The van der Waals surface area contributed by atoms with Gasteiger partial charge in [0.15, 0.2) is 0 Å². The highest BCUT2D eigenvalue weighted by Gasteiger charge is 2.31. The van der Waals surface area contributed by atoms with Crippen LogP contribution in [0, 0.1) is 0 Å². The highest BCUT2D eigenvalue weighted by Crippen LogP contribution is 2.38. The third-order valence-electron chi connectivity index (χ3n) is 6.32. The molecule has 0 unspecified atom stereocenters. The maximum absolute atomic E-state index is 12.5. The van der Waals surface area contributed by atoms with Crippen LogP contribution >= 0.6 is 0 Å². The van der Waals surface area contributed by atoms with E-state index in [1.54, 1.807) is 6.26 Å². The van der Waals surface area contributed by atoms with Gasteiger partial charge in [0.05, 0.1) is 24.8 Å². The zero-order valence-corrected chi connectivity index (χ0v) is 17.1. The molecule has 1 saturated carbocycles. The van der Waals surface area contributed by atoms with E-state index in [1.807, 2.05) is 24.3 Å². The third kappa shape index (κ3) is 3.72. The summed E-state index contributed by atoms with van der Waals surface area (Å²) in [4.78, 5) is 31.2. The first-order chi connectivity index (χ1) is 14.7. The second kappa shape index (κ2) is 8.19. The Bertz CT molecular complexity index is 1100. The molecule has 2 aliphatic rings. The SMILES string of the molecule is O=C1CC[C@H](c2coc3ccc4nc(OCCCN5CCCC5)ccc4c23)C(=O)C1. The first-order valence-electron chi connectivity index (χ1n) is 10.9. The van der Waals surface area contributed by atoms with Crippen molar-refractivity contribution in [2.45, 2.75) is 44.4 Å². The van der Waals surface area contributed by atoms with Crippen LogP contribution in [0.25, 0.3) is 21.9 Å². The Labute approximate surface area is 175 Å². The van der Waals surface area contributed by atoms with Crippen molar-refractivity contribution in [3.63, 3.8) is 0 Å². The van der Waals surface area contributed by atoms with E-state index in [1.165, 1.54) is 25.9 Å². The van der Waals surface area contributed by atoms with E-state index in [2.05, 4.69) is 9.88 Å².